The van der Waals surface area contributed by atoms with Crippen molar-refractivity contribution in [1.29, 1.82) is 0 Å². The van der Waals surface area contributed by atoms with E-state index in [1.807, 2.05) is 17.1 Å². The number of rotatable bonds is 5. The third-order valence-corrected chi connectivity index (χ3v) is 3.22. The SMILES string of the molecule is COCOc1ccc(-c2ccc(C)cc2C=CBr)cc1. The van der Waals surface area contributed by atoms with Crippen molar-refractivity contribution in [3.05, 3.63) is 58.6 Å². The lowest BCUT2D eigenvalue weighted by Gasteiger charge is -2.09. The van der Waals surface area contributed by atoms with Gasteiger partial charge in [-0.25, -0.2) is 0 Å². The summed E-state index contributed by atoms with van der Waals surface area (Å²) in [6.07, 6.45) is 2.05. The maximum Gasteiger partial charge on any atom is 0.188 e. The Balaban J connectivity index is 2.31. The van der Waals surface area contributed by atoms with E-state index in [0.717, 1.165) is 11.3 Å². The Morgan fingerprint density at radius 2 is 1.85 bits per heavy atom. The van der Waals surface area contributed by atoms with Crippen molar-refractivity contribution in [2.75, 3.05) is 13.9 Å². The molecule has 0 atom stereocenters. The molecule has 0 aliphatic heterocycles. The lowest BCUT2D eigenvalue weighted by Crippen LogP contribution is -1.98. The fraction of sp³-hybridized carbons (Fsp3) is 0.176. The van der Waals surface area contributed by atoms with Crippen LogP contribution in [-0.4, -0.2) is 13.9 Å². The lowest BCUT2D eigenvalue weighted by molar-refractivity contribution is 0.0511. The molecule has 0 saturated heterocycles. The van der Waals surface area contributed by atoms with E-state index >= 15 is 0 Å². The average Bonchev–Trinajstić information content (AvgIpc) is 2.46. The van der Waals surface area contributed by atoms with Crippen LogP contribution in [0.4, 0.5) is 0 Å². The molecule has 104 valence electrons. The van der Waals surface area contributed by atoms with Crippen molar-refractivity contribution in [3.63, 3.8) is 0 Å². The molecule has 0 aliphatic rings. The summed E-state index contributed by atoms with van der Waals surface area (Å²) in [5.74, 6) is 0.806. The van der Waals surface area contributed by atoms with Crippen molar-refractivity contribution in [2.24, 2.45) is 0 Å². The number of aryl methyl sites for hydroxylation is 1. The molecule has 2 rings (SSSR count). The number of ether oxygens (including phenoxy) is 2. The molecule has 0 aromatic heterocycles. The highest BCUT2D eigenvalue weighted by Gasteiger charge is 2.04. The minimum Gasteiger partial charge on any atom is -0.468 e. The first-order chi connectivity index (χ1) is 9.74. The molecule has 2 aromatic rings. The van der Waals surface area contributed by atoms with Crippen LogP contribution in [0.3, 0.4) is 0 Å². The predicted octanol–water partition coefficient (Wildman–Crippen LogP) is 5.01. The van der Waals surface area contributed by atoms with Crippen LogP contribution < -0.4 is 4.74 Å². The first kappa shape index (κ1) is 14.8. The van der Waals surface area contributed by atoms with Crippen molar-refractivity contribution < 1.29 is 9.47 Å². The number of hydrogen-bond donors (Lipinski definition) is 0. The van der Waals surface area contributed by atoms with E-state index in [9.17, 15) is 0 Å². The van der Waals surface area contributed by atoms with E-state index < -0.39 is 0 Å². The number of halogens is 1. The van der Waals surface area contributed by atoms with Crippen molar-refractivity contribution in [2.45, 2.75) is 6.92 Å². The zero-order valence-electron chi connectivity index (χ0n) is 11.6. The molecule has 2 nitrogen and oxygen atoms in total. The Labute approximate surface area is 128 Å². The molecule has 0 saturated carbocycles. The van der Waals surface area contributed by atoms with Gasteiger partial charge in [0.1, 0.15) is 5.75 Å². The van der Waals surface area contributed by atoms with Gasteiger partial charge in [0.15, 0.2) is 6.79 Å². The molecule has 0 spiro atoms. The van der Waals surface area contributed by atoms with Gasteiger partial charge >= 0.3 is 0 Å². The monoisotopic (exact) mass is 332 g/mol. The van der Waals surface area contributed by atoms with Crippen molar-refractivity contribution in [1.82, 2.24) is 0 Å². The highest BCUT2D eigenvalue weighted by Crippen LogP contribution is 2.28. The standard InChI is InChI=1S/C17H17BrO2/c1-13-3-8-17(15(11-13)9-10-18)14-4-6-16(7-5-14)20-12-19-2/h3-11H,12H2,1-2H3. The first-order valence-corrected chi connectivity index (χ1v) is 7.26. The summed E-state index contributed by atoms with van der Waals surface area (Å²) in [5.41, 5.74) is 4.79. The van der Waals surface area contributed by atoms with E-state index in [0.29, 0.717) is 0 Å². The van der Waals surface area contributed by atoms with Gasteiger partial charge in [0.2, 0.25) is 0 Å². The zero-order valence-corrected chi connectivity index (χ0v) is 13.2. The number of hydrogen-bond acceptors (Lipinski definition) is 2. The van der Waals surface area contributed by atoms with Crippen LogP contribution in [0.5, 0.6) is 5.75 Å². The van der Waals surface area contributed by atoms with Gasteiger partial charge < -0.3 is 9.47 Å². The fourth-order valence-corrected chi connectivity index (χ4v) is 2.29. The summed E-state index contributed by atoms with van der Waals surface area (Å²) in [6.45, 7) is 2.36. The highest BCUT2D eigenvalue weighted by molar-refractivity contribution is 9.11. The van der Waals surface area contributed by atoms with E-state index in [1.54, 1.807) is 7.11 Å². The predicted molar refractivity (Wildman–Crippen MR) is 87.1 cm³/mol. The van der Waals surface area contributed by atoms with Crippen LogP contribution in [-0.2, 0) is 4.74 Å². The fourth-order valence-electron chi connectivity index (χ4n) is 2.01. The maximum atomic E-state index is 5.40. The third-order valence-electron chi connectivity index (χ3n) is 2.96. The molecule has 0 unspecified atom stereocenters. The summed E-state index contributed by atoms with van der Waals surface area (Å²) in [6, 6.07) is 14.5. The van der Waals surface area contributed by atoms with Gasteiger partial charge in [0.25, 0.3) is 0 Å². The molecule has 0 aliphatic carbocycles. The van der Waals surface area contributed by atoms with Gasteiger partial charge in [-0.2, -0.15) is 0 Å². The molecule has 3 heteroatoms. The second kappa shape index (κ2) is 7.27. The first-order valence-electron chi connectivity index (χ1n) is 6.34. The zero-order chi connectivity index (χ0) is 14.4. The molecule has 20 heavy (non-hydrogen) atoms. The van der Waals surface area contributed by atoms with Gasteiger partial charge in [0.05, 0.1) is 0 Å². The third kappa shape index (κ3) is 3.71. The molecule has 0 amide bonds. The van der Waals surface area contributed by atoms with Gasteiger partial charge in [-0.3, -0.25) is 0 Å². The van der Waals surface area contributed by atoms with E-state index in [2.05, 4.69) is 59.3 Å². The summed E-state index contributed by atoms with van der Waals surface area (Å²) in [4.78, 5) is 1.88. The topological polar surface area (TPSA) is 18.5 Å². The molecule has 2 aromatic carbocycles. The second-order valence-corrected chi connectivity index (χ2v) is 4.99. The molecular weight excluding hydrogens is 316 g/mol. The Morgan fingerprint density at radius 1 is 1.10 bits per heavy atom. The van der Waals surface area contributed by atoms with Crippen LogP contribution >= 0.6 is 15.9 Å². The Hall–Kier alpha value is -1.58. The minimum absolute atomic E-state index is 0.265. The summed E-state index contributed by atoms with van der Waals surface area (Å²) in [7, 11) is 1.61. The highest BCUT2D eigenvalue weighted by atomic mass is 79.9. The van der Waals surface area contributed by atoms with E-state index in [-0.39, 0.29) is 6.79 Å². The summed E-state index contributed by atoms with van der Waals surface area (Å²) in [5, 5.41) is 0. The minimum atomic E-state index is 0.265. The molecule has 0 heterocycles. The lowest BCUT2D eigenvalue weighted by atomic mass is 9.98. The smallest absolute Gasteiger partial charge is 0.188 e. The molecule has 0 bridgehead atoms. The molecule has 0 fully saturated rings. The quantitative estimate of drug-likeness (QED) is 0.716. The van der Waals surface area contributed by atoms with Crippen LogP contribution in [0.2, 0.25) is 0 Å². The number of benzene rings is 2. The van der Waals surface area contributed by atoms with Gasteiger partial charge in [0, 0.05) is 7.11 Å². The average molecular weight is 333 g/mol. The summed E-state index contributed by atoms with van der Waals surface area (Å²) < 4.78 is 10.3. The Kier molecular flexibility index (Phi) is 5.39. The molecular formula is C17H17BrO2. The van der Waals surface area contributed by atoms with Gasteiger partial charge in [-0.15, -0.1) is 0 Å². The van der Waals surface area contributed by atoms with Crippen molar-refractivity contribution >= 4 is 22.0 Å². The largest absolute Gasteiger partial charge is 0.468 e. The van der Waals surface area contributed by atoms with Crippen molar-refractivity contribution in [3.8, 4) is 16.9 Å². The molecule has 0 radical (unpaired) electrons. The van der Waals surface area contributed by atoms with Crippen LogP contribution in [0, 0.1) is 6.92 Å². The van der Waals surface area contributed by atoms with E-state index in [4.69, 9.17) is 9.47 Å². The molecule has 0 N–H and O–H groups in total. The summed E-state index contributed by atoms with van der Waals surface area (Å²) >= 11 is 3.34. The Morgan fingerprint density at radius 3 is 2.50 bits per heavy atom. The van der Waals surface area contributed by atoms with Crippen LogP contribution in [0.25, 0.3) is 17.2 Å². The van der Waals surface area contributed by atoms with Crippen LogP contribution in [0.1, 0.15) is 11.1 Å². The van der Waals surface area contributed by atoms with Gasteiger partial charge in [-0.05, 0) is 46.8 Å². The van der Waals surface area contributed by atoms with E-state index in [1.165, 1.54) is 16.7 Å². The number of methoxy groups -OCH3 is 1. The van der Waals surface area contributed by atoms with Gasteiger partial charge in [-0.1, -0.05) is 51.8 Å². The maximum absolute atomic E-state index is 5.40. The normalized spacial score (nSPS) is 10.9. The van der Waals surface area contributed by atoms with Crippen LogP contribution in [0.15, 0.2) is 47.4 Å². The second-order valence-electron chi connectivity index (χ2n) is 4.46. The Bertz CT molecular complexity index is 588.